The fourth-order valence-corrected chi connectivity index (χ4v) is 1.63. The number of phenolic OH excluding ortho intramolecular Hbond substituents is 1. The van der Waals surface area contributed by atoms with E-state index in [0.29, 0.717) is 0 Å². The number of anilines is 1. The average molecular weight is 213 g/mol. The molecule has 2 aromatic rings. The summed E-state index contributed by atoms with van der Waals surface area (Å²) in [6.07, 6.45) is 0. The normalized spacial score (nSPS) is 12.1. The van der Waals surface area contributed by atoms with Gasteiger partial charge in [0.15, 0.2) is 0 Å². The van der Waals surface area contributed by atoms with Gasteiger partial charge < -0.3 is 10.4 Å². The first-order chi connectivity index (χ1) is 7.75. The number of aromatic hydroxyl groups is 1. The van der Waals surface area contributed by atoms with E-state index in [1.54, 1.807) is 12.1 Å². The molecule has 0 radical (unpaired) electrons. The van der Waals surface area contributed by atoms with Gasteiger partial charge in [-0.2, -0.15) is 0 Å². The fraction of sp³-hybridized carbons (Fsp3) is 0.143. The van der Waals surface area contributed by atoms with Crippen molar-refractivity contribution in [2.24, 2.45) is 0 Å². The van der Waals surface area contributed by atoms with E-state index in [4.69, 9.17) is 0 Å². The molecular weight excluding hydrogens is 198 g/mol. The summed E-state index contributed by atoms with van der Waals surface area (Å²) in [5.41, 5.74) is 2.25. The summed E-state index contributed by atoms with van der Waals surface area (Å²) in [4.78, 5) is 0. The summed E-state index contributed by atoms with van der Waals surface area (Å²) in [5, 5.41) is 12.6. The van der Waals surface area contributed by atoms with Gasteiger partial charge in [-0.3, -0.25) is 0 Å². The standard InChI is InChI=1S/C14H15NO/c1-11(12-5-3-2-4-6-12)15-13-7-9-14(16)10-8-13/h2-11,15-16H,1H3. The predicted octanol–water partition coefficient (Wildman–Crippen LogP) is 3.57. The Bertz CT molecular complexity index is 436. The van der Waals surface area contributed by atoms with Crippen LogP contribution in [0.1, 0.15) is 18.5 Å². The largest absolute Gasteiger partial charge is 0.508 e. The van der Waals surface area contributed by atoms with E-state index in [1.165, 1.54) is 5.56 Å². The molecule has 1 atom stereocenters. The van der Waals surface area contributed by atoms with Crippen LogP contribution in [0.15, 0.2) is 54.6 Å². The van der Waals surface area contributed by atoms with Gasteiger partial charge in [-0.1, -0.05) is 30.3 Å². The van der Waals surface area contributed by atoms with Crippen molar-refractivity contribution in [3.8, 4) is 5.75 Å². The second-order valence-corrected chi connectivity index (χ2v) is 3.82. The quantitative estimate of drug-likeness (QED) is 0.764. The maximum atomic E-state index is 9.18. The monoisotopic (exact) mass is 213 g/mol. The van der Waals surface area contributed by atoms with Crippen molar-refractivity contribution in [1.29, 1.82) is 0 Å². The molecule has 82 valence electrons. The molecule has 0 spiro atoms. The zero-order valence-electron chi connectivity index (χ0n) is 9.22. The molecule has 2 heteroatoms. The van der Waals surface area contributed by atoms with Gasteiger partial charge in [0.2, 0.25) is 0 Å². The minimum Gasteiger partial charge on any atom is -0.508 e. The summed E-state index contributed by atoms with van der Waals surface area (Å²) in [5.74, 6) is 0.290. The van der Waals surface area contributed by atoms with E-state index in [2.05, 4.69) is 24.4 Å². The van der Waals surface area contributed by atoms with Gasteiger partial charge in [-0.05, 0) is 36.8 Å². The Hall–Kier alpha value is -1.96. The van der Waals surface area contributed by atoms with Crippen molar-refractivity contribution in [1.82, 2.24) is 0 Å². The highest BCUT2D eigenvalue weighted by atomic mass is 16.3. The van der Waals surface area contributed by atoms with Gasteiger partial charge in [0.25, 0.3) is 0 Å². The molecular formula is C14H15NO. The fourth-order valence-electron chi connectivity index (χ4n) is 1.63. The molecule has 0 aliphatic heterocycles. The zero-order chi connectivity index (χ0) is 11.4. The molecule has 0 amide bonds. The van der Waals surface area contributed by atoms with Crippen LogP contribution in [0.2, 0.25) is 0 Å². The molecule has 0 aliphatic rings. The number of phenols is 1. The minimum absolute atomic E-state index is 0.255. The first-order valence-electron chi connectivity index (χ1n) is 5.36. The van der Waals surface area contributed by atoms with Crippen LogP contribution in [0.5, 0.6) is 5.75 Å². The van der Waals surface area contributed by atoms with Crippen LogP contribution in [0.25, 0.3) is 0 Å². The van der Waals surface area contributed by atoms with Gasteiger partial charge in [0.05, 0.1) is 0 Å². The molecule has 0 saturated carbocycles. The average Bonchev–Trinajstić information content (AvgIpc) is 2.33. The van der Waals surface area contributed by atoms with Crippen molar-refractivity contribution in [2.45, 2.75) is 13.0 Å². The van der Waals surface area contributed by atoms with Crippen LogP contribution in [0.3, 0.4) is 0 Å². The highest BCUT2D eigenvalue weighted by molar-refractivity contribution is 5.47. The molecule has 16 heavy (non-hydrogen) atoms. The molecule has 0 fully saturated rings. The third-order valence-corrected chi connectivity index (χ3v) is 2.55. The Balaban J connectivity index is 2.08. The van der Waals surface area contributed by atoms with Gasteiger partial charge in [0.1, 0.15) is 5.75 Å². The number of hydrogen-bond donors (Lipinski definition) is 2. The smallest absolute Gasteiger partial charge is 0.115 e. The zero-order valence-corrected chi connectivity index (χ0v) is 9.22. The van der Waals surface area contributed by atoms with Gasteiger partial charge in [-0.15, -0.1) is 0 Å². The summed E-state index contributed by atoms with van der Waals surface area (Å²) in [6, 6.07) is 17.6. The van der Waals surface area contributed by atoms with Crippen LogP contribution in [-0.4, -0.2) is 5.11 Å². The highest BCUT2D eigenvalue weighted by Crippen LogP contribution is 2.20. The number of hydrogen-bond acceptors (Lipinski definition) is 2. The Morgan fingerprint density at radius 2 is 1.56 bits per heavy atom. The topological polar surface area (TPSA) is 32.3 Å². The Labute approximate surface area is 95.6 Å². The second-order valence-electron chi connectivity index (χ2n) is 3.82. The SMILES string of the molecule is CC(Nc1ccc(O)cc1)c1ccccc1. The van der Waals surface area contributed by atoms with E-state index in [9.17, 15) is 5.11 Å². The van der Waals surface area contributed by atoms with Gasteiger partial charge in [0, 0.05) is 11.7 Å². The number of nitrogens with one attached hydrogen (secondary N) is 1. The summed E-state index contributed by atoms with van der Waals surface area (Å²) >= 11 is 0. The molecule has 2 N–H and O–H groups in total. The number of rotatable bonds is 3. The van der Waals surface area contributed by atoms with Crippen LogP contribution in [0, 0.1) is 0 Å². The second kappa shape index (κ2) is 4.71. The first-order valence-corrected chi connectivity index (χ1v) is 5.36. The van der Waals surface area contributed by atoms with E-state index in [1.807, 2.05) is 30.3 Å². The summed E-state index contributed by atoms with van der Waals surface area (Å²) < 4.78 is 0. The first kappa shape index (κ1) is 10.6. The third-order valence-electron chi connectivity index (χ3n) is 2.55. The number of benzene rings is 2. The van der Waals surface area contributed by atoms with Gasteiger partial charge >= 0.3 is 0 Å². The molecule has 0 heterocycles. The van der Waals surface area contributed by atoms with Crippen molar-refractivity contribution in [3.05, 3.63) is 60.2 Å². The van der Waals surface area contributed by atoms with Crippen LogP contribution in [-0.2, 0) is 0 Å². The van der Waals surface area contributed by atoms with Crippen molar-refractivity contribution in [3.63, 3.8) is 0 Å². The lowest BCUT2D eigenvalue weighted by molar-refractivity contribution is 0.475. The van der Waals surface area contributed by atoms with Crippen LogP contribution >= 0.6 is 0 Å². The summed E-state index contributed by atoms with van der Waals surface area (Å²) in [6.45, 7) is 2.11. The maximum Gasteiger partial charge on any atom is 0.115 e. The molecule has 2 aromatic carbocycles. The lowest BCUT2D eigenvalue weighted by Crippen LogP contribution is -2.05. The van der Waals surface area contributed by atoms with E-state index < -0.39 is 0 Å². The lowest BCUT2D eigenvalue weighted by atomic mass is 10.1. The molecule has 0 bridgehead atoms. The van der Waals surface area contributed by atoms with Crippen molar-refractivity contribution >= 4 is 5.69 Å². The maximum absolute atomic E-state index is 9.18. The van der Waals surface area contributed by atoms with Crippen LogP contribution < -0.4 is 5.32 Å². The third kappa shape index (κ3) is 2.54. The van der Waals surface area contributed by atoms with E-state index in [0.717, 1.165) is 5.69 Å². The Morgan fingerprint density at radius 1 is 0.938 bits per heavy atom. The lowest BCUT2D eigenvalue weighted by Gasteiger charge is -2.15. The Kier molecular flexibility index (Phi) is 3.10. The van der Waals surface area contributed by atoms with Crippen molar-refractivity contribution in [2.75, 3.05) is 5.32 Å². The molecule has 2 rings (SSSR count). The van der Waals surface area contributed by atoms with Crippen molar-refractivity contribution < 1.29 is 5.11 Å². The molecule has 2 nitrogen and oxygen atoms in total. The Morgan fingerprint density at radius 3 is 2.19 bits per heavy atom. The molecule has 0 aromatic heterocycles. The molecule has 0 saturated heterocycles. The van der Waals surface area contributed by atoms with E-state index >= 15 is 0 Å². The predicted molar refractivity (Wildman–Crippen MR) is 66.6 cm³/mol. The van der Waals surface area contributed by atoms with Crippen LogP contribution in [0.4, 0.5) is 5.69 Å². The molecule has 0 aliphatic carbocycles. The summed E-state index contributed by atoms with van der Waals surface area (Å²) in [7, 11) is 0. The van der Waals surface area contributed by atoms with Gasteiger partial charge in [-0.25, -0.2) is 0 Å². The highest BCUT2D eigenvalue weighted by Gasteiger charge is 2.03. The van der Waals surface area contributed by atoms with E-state index in [-0.39, 0.29) is 11.8 Å². The molecule has 1 unspecified atom stereocenters. The minimum atomic E-state index is 0.255.